The Balaban J connectivity index is 1.87. The summed E-state index contributed by atoms with van der Waals surface area (Å²) in [6, 6.07) is 0.963. The Kier molecular flexibility index (Phi) is 2.40. The van der Waals surface area contributed by atoms with E-state index in [1.807, 2.05) is 4.90 Å². The maximum atomic E-state index is 11.5. The van der Waals surface area contributed by atoms with Gasteiger partial charge in [-0.15, -0.1) is 0 Å². The third-order valence-corrected chi connectivity index (χ3v) is 2.84. The molecule has 0 aliphatic carbocycles. The molecule has 74 valence electrons. The third kappa shape index (κ3) is 1.63. The number of carbonyl (C=O) groups is 1. The van der Waals surface area contributed by atoms with Crippen molar-refractivity contribution in [3.63, 3.8) is 0 Å². The van der Waals surface area contributed by atoms with E-state index < -0.39 is 0 Å². The van der Waals surface area contributed by atoms with Gasteiger partial charge in [-0.05, 0) is 6.42 Å². The molecule has 4 heteroatoms. The van der Waals surface area contributed by atoms with Gasteiger partial charge < -0.3 is 15.5 Å². The number of amides is 2. The number of rotatable bonds is 3. The highest BCUT2D eigenvalue weighted by atomic mass is 16.2. The van der Waals surface area contributed by atoms with Gasteiger partial charge in [0.25, 0.3) is 0 Å². The lowest BCUT2D eigenvalue weighted by Crippen LogP contribution is -2.57. The molecule has 2 amide bonds. The molecule has 1 unspecified atom stereocenters. The Labute approximate surface area is 78.7 Å². The van der Waals surface area contributed by atoms with Crippen molar-refractivity contribution >= 4 is 6.03 Å². The normalized spacial score (nSPS) is 28.8. The molecule has 0 spiro atoms. The van der Waals surface area contributed by atoms with Gasteiger partial charge in [-0.2, -0.15) is 0 Å². The Morgan fingerprint density at radius 3 is 2.85 bits per heavy atom. The van der Waals surface area contributed by atoms with Gasteiger partial charge in [-0.3, -0.25) is 0 Å². The topological polar surface area (TPSA) is 44.4 Å². The van der Waals surface area contributed by atoms with Crippen molar-refractivity contribution in [3.05, 3.63) is 0 Å². The highest BCUT2D eigenvalue weighted by Crippen LogP contribution is 2.14. The molecule has 0 aromatic carbocycles. The summed E-state index contributed by atoms with van der Waals surface area (Å²) in [5.41, 5.74) is 0. The van der Waals surface area contributed by atoms with E-state index in [0.717, 1.165) is 32.5 Å². The van der Waals surface area contributed by atoms with Crippen LogP contribution in [0.1, 0.15) is 19.8 Å². The van der Waals surface area contributed by atoms with Gasteiger partial charge in [0.1, 0.15) is 0 Å². The summed E-state index contributed by atoms with van der Waals surface area (Å²) < 4.78 is 0. The largest absolute Gasteiger partial charge is 0.333 e. The lowest BCUT2D eigenvalue weighted by molar-refractivity contribution is 0.172. The average molecular weight is 183 g/mol. The van der Waals surface area contributed by atoms with Gasteiger partial charge in [0.05, 0.1) is 6.04 Å². The van der Waals surface area contributed by atoms with Crippen LogP contribution in [0.4, 0.5) is 4.79 Å². The molecule has 0 radical (unpaired) electrons. The second kappa shape index (κ2) is 3.54. The smallest absolute Gasteiger partial charge is 0.318 e. The molecule has 2 N–H and O–H groups in total. The standard InChI is InChI=1S/C9H17N3O/c1-2-3-7-6-12(9(13)11-7)8-4-10-5-8/h7-8,10H,2-6H2,1H3,(H,11,13). The Morgan fingerprint density at radius 2 is 2.31 bits per heavy atom. The SMILES string of the molecule is CCCC1CN(C2CNC2)C(=O)N1. The van der Waals surface area contributed by atoms with Crippen molar-refractivity contribution in [3.8, 4) is 0 Å². The molecule has 0 saturated carbocycles. The maximum Gasteiger partial charge on any atom is 0.318 e. The van der Waals surface area contributed by atoms with Gasteiger partial charge >= 0.3 is 6.03 Å². The number of carbonyl (C=O) groups excluding carboxylic acids is 1. The highest BCUT2D eigenvalue weighted by molar-refractivity contribution is 5.77. The Hall–Kier alpha value is -0.770. The van der Waals surface area contributed by atoms with Crippen molar-refractivity contribution in [2.75, 3.05) is 19.6 Å². The zero-order chi connectivity index (χ0) is 9.26. The van der Waals surface area contributed by atoms with Crippen LogP contribution in [0.5, 0.6) is 0 Å². The maximum absolute atomic E-state index is 11.5. The summed E-state index contributed by atoms with van der Waals surface area (Å²) in [5.74, 6) is 0. The molecule has 2 heterocycles. The molecule has 2 aliphatic heterocycles. The zero-order valence-corrected chi connectivity index (χ0v) is 8.05. The first-order valence-corrected chi connectivity index (χ1v) is 5.09. The van der Waals surface area contributed by atoms with Crippen molar-refractivity contribution in [2.45, 2.75) is 31.8 Å². The average Bonchev–Trinajstić information content (AvgIpc) is 2.30. The van der Waals surface area contributed by atoms with E-state index in [9.17, 15) is 4.79 Å². The summed E-state index contributed by atoms with van der Waals surface area (Å²) in [6.07, 6.45) is 2.24. The summed E-state index contributed by atoms with van der Waals surface area (Å²) in [6.45, 7) is 4.98. The van der Waals surface area contributed by atoms with E-state index in [1.54, 1.807) is 0 Å². The van der Waals surface area contributed by atoms with E-state index >= 15 is 0 Å². The second-order valence-corrected chi connectivity index (χ2v) is 3.90. The molecule has 2 saturated heterocycles. The molecule has 13 heavy (non-hydrogen) atoms. The minimum absolute atomic E-state index is 0.130. The van der Waals surface area contributed by atoms with Crippen molar-refractivity contribution in [2.24, 2.45) is 0 Å². The zero-order valence-electron chi connectivity index (χ0n) is 8.05. The number of hydrogen-bond donors (Lipinski definition) is 2. The van der Waals surface area contributed by atoms with Crippen LogP contribution in [-0.4, -0.2) is 42.6 Å². The van der Waals surface area contributed by atoms with Crippen LogP contribution in [0.3, 0.4) is 0 Å². The molecule has 0 aromatic heterocycles. The third-order valence-electron chi connectivity index (χ3n) is 2.84. The first-order chi connectivity index (χ1) is 6.31. The van der Waals surface area contributed by atoms with Crippen LogP contribution in [0.15, 0.2) is 0 Å². The molecule has 1 atom stereocenters. The van der Waals surface area contributed by atoms with Crippen molar-refractivity contribution < 1.29 is 4.79 Å². The predicted molar refractivity (Wildman–Crippen MR) is 50.6 cm³/mol. The first-order valence-electron chi connectivity index (χ1n) is 5.09. The van der Waals surface area contributed by atoms with Gasteiger partial charge in [-0.25, -0.2) is 4.79 Å². The second-order valence-electron chi connectivity index (χ2n) is 3.90. The van der Waals surface area contributed by atoms with Gasteiger partial charge in [0.15, 0.2) is 0 Å². The van der Waals surface area contributed by atoms with E-state index in [1.165, 1.54) is 0 Å². The lowest BCUT2D eigenvalue weighted by atomic mass is 10.1. The Bertz CT molecular complexity index is 203. The molecular weight excluding hydrogens is 166 g/mol. The first kappa shape index (κ1) is 8.81. The van der Waals surface area contributed by atoms with E-state index in [4.69, 9.17) is 0 Å². The van der Waals surface area contributed by atoms with E-state index in [0.29, 0.717) is 12.1 Å². The molecule has 2 rings (SSSR count). The summed E-state index contributed by atoms with van der Waals surface area (Å²) in [5, 5.41) is 6.20. The molecule has 2 fully saturated rings. The van der Waals surface area contributed by atoms with E-state index in [-0.39, 0.29) is 6.03 Å². The molecule has 0 bridgehead atoms. The number of nitrogens with zero attached hydrogens (tertiary/aromatic N) is 1. The summed E-state index contributed by atoms with van der Waals surface area (Å²) >= 11 is 0. The predicted octanol–water partition coefficient (Wildman–Crippen LogP) is 0.152. The fraction of sp³-hybridized carbons (Fsp3) is 0.889. The molecule has 4 nitrogen and oxygen atoms in total. The highest BCUT2D eigenvalue weighted by Gasteiger charge is 2.35. The summed E-state index contributed by atoms with van der Waals surface area (Å²) in [7, 11) is 0. The van der Waals surface area contributed by atoms with Gasteiger partial charge in [0.2, 0.25) is 0 Å². The number of nitrogens with one attached hydrogen (secondary N) is 2. The molecular formula is C9H17N3O. The minimum Gasteiger partial charge on any atom is -0.333 e. The van der Waals surface area contributed by atoms with Crippen LogP contribution < -0.4 is 10.6 Å². The number of hydrogen-bond acceptors (Lipinski definition) is 2. The fourth-order valence-corrected chi connectivity index (χ4v) is 1.94. The van der Waals surface area contributed by atoms with Crippen LogP contribution in [0.2, 0.25) is 0 Å². The quantitative estimate of drug-likeness (QED) is 0.654. The van der Waals surface area contributed by atoms with Crippen LogP contribution in [-0.2, 0) is 0 Å². The molecule has 0 aromatic rings. The lowest BCUT2D eigenvalue weighted by Gasteiger charge is -2.34. The Morgan fingerprint density at radius 1 is 1.54 bits per heavy atom. The molecule has 2 aliphatic rings. The fourth-order valence-electron chi connectivity index (χ4n) is 1.94. The van der Waals surface area contributed by atoms with Crippen molar-refractivity contribution in [1.29, 1.82) is 0 Å². The summed E-state index contributed by atoms with van der Waals surface area (Å²) in [4.78, 5) is 13.4. The van der Waals surface area contributed by atoms with Crippen LogP contribution in [0.25, 0.3) is 0 Å². The van der Waals surface area contributed by atoms with Crippen LogP contribution >= 0.6 is 0 Å². The van der Waals surface area contributed by atoms with Gasteiger partial charge in [-0.1, -0.05) is 13.3 Å². The number of urea groups is 1. The monoisotopic (exact) mass is 183 g/mol. The minimum atomic E-state index is 0.130. The van der Waals surface area contributed by atoms with Crippen molar-refractivity contribution in [1.82, 2.24) is 15.5 Å². The van der Waals surface area contributed by atoms with E-state index in [2.05, 4.69) is 17.6 Å². The van der Waals surface area contributed by atoms with Gasteiger partial charge in [0, 0.05) is 25.7 Å². The van der Waals surface area contributed by atoms with Crippen LogP contribution in [0, 0.1) is 0 Å².